The molecule has 0 aliphatic heterocycles. The molecule has 0 radical (unpaired) electrons. The molecule has 0 unspecified atom stereocenters. The van der Waals surface area contributed by atoms with Crippen LogP contribution in [0.2, 0.25) is 0 Å². The lowest BCUT2D eigenvalue weighted by Crippen LogP contribution is -1.92. The van der Waals surface area contributed by atoms with Crippen LogP contribution in [0.4, 0.5) is 0 Å². The predicted octanol–water partition coefficient (Wildman–Crippen LogP) is 1.74. The van der Waals surface area contributed by atoms with Crippen molar-refractivity contribution in [2.75, 3.05) is 0 Å². The van der Waals surface area contributed by atoms with Crippen molar-refractivity contribution in [3.05, 3.63) is 29.9 Å². The second-order valence-electron chi connectivity index (χ2n) is 2.16. The van der Waals surface area contributed by atoms with E-state index in [1.165, 1.54) is 0 Å². The van der Waals surface area contributed by atoms with E-state index >= 15 is 0 Å². The third-order valence-corrected chi connectivity index (χ3v) is 1.36. The van der Waals surface area contributed by atoms with Crippen molar-refractivity contribution in [3.8, 4) is 0 Å². The summed E-state index contributed by atoms with van der Waals surface area (Å²) in [6.45, 7) is 7.47. The van der Waals surface area contributed by atoms with Gasteiger partial charge in [0.25, 0.3) is 0 Å². The first kappa shape index (κ1) is 6.93. The number of hydrogen-bond acceptors (Lipinski definition) is 2. The summed E-state index contributed by atoms with van der Waals surface area (Å²) in [5, 5.41) is 0. The quantitative estimate of drug-likeness (QED) is 0.584. The molecular formula is C8H10N2. The molecule has 0 atom stereocenters. The molecule has 0 saturated heterocycles. The van der Waals surface area contributed by atoms with Crippen LogP contribution >= 0.6 is 0 Å². The zero-order valence-corrected chi connectivity index (χ0v) is 6.26. The Kier molecular flexibility index (Phi) is 1.81. The highest BCUT2D eigenvalue weighted by Crippen LogP contribution is 2.03. The van der Waals surface area contributed by atoms with Crippen molar-refractivity contribution >= 4 is 6.08 Å². The van der Waals surface area contributed by atoms with Gasteiger partial charge < -0.3 is 0 Å². The minimum atomic E-state index is 0.808. The van der Waals surface area contributed by atoms with Crippen LogP contribution < -0.4 is 0 Å². The van der Waals surface area contributed by atoms with Gasteiger partial charge in [0.15, 0.2) is 0 Å². The highest BCUT2D eigenvalue weighted by atomic mass is 14.9. The van der Waals surface area contributed by atoms with Gasteiger partial charge in [-0.25, -0.2) is 9.97 Å². The fourth-order valence-corrected chi connectivity index (χ4v) is 0.793. The van der Waals surface area contributed by atoms with Crippen molar-refractivity contribution < 1.29 is 0 Å². The Labute approximate surface area is 60.6 Å². The molecular weight excluding hydrogens is 124 g/mol. The number of hydrogen-bond donors (Lipinski definition) is 0. The second kappa shape index (κ2) is 2.60. The summed E-state index contributed by atoms with van der Waals surface area (Å²) in [6, 6.07) is 0. The van der Waals surface area contributed by atoms with Crippen LogP contribution in [0.3, 0.4) is 0 Å². The summed E-state index contributed by atoms with van der Waals surface area (Å²) in [6.07, 6.45) is 3.54. The van der Waals surface area contributed by atoms with Gasteiger partial charge in [0, 0.05) is 17.5 Å². The van der Waals surface area contributed by atoms with E-state index in [1.807, 2.05) is 13.8 Å². The Morgan fingerprint density at radius 3 is 2.70 bits per heavy atom. The number of rotatable bonds is 1. The predicted molar refractivity (Wildman–Crippen MR) is 41.6 cm³/mol. The highest BCUT2D eigenvalue weighted by Gasteiger charge is 1.94. The first-order valence-electron chi connectivity index (χ1n) is 3.16. The van der Waals surface area contributed by atoms with Gasteiger partial charge in [-0.1, -0.05) is 12.7 Å². The molecule has 0 amide bonds. The summed E-state index contributed by atoms with van der Waals surface area (Å²) in [4.78, 5) is 8.19. The molecule has 0 aliphatic rings. The van der Waals surface area contributed by atoms with E-state index < -0.39 is 0 Å². The lowest BCUT2D eigenvalue weighted by molar-refractivity contribution is 1.00. The minimum absolute atomic E-state index is 0.808. The van der Waals surface area contributed by atoms with Crippen LogP contribution in [0.25, 0.3) is 6.08 Å². The first-order chi connectivity index (χ1) is 4.74. The summed E-state index contributed by atoms with van der Waals surface area (Å²) in [7, 11) is 0. The highest BCUT2D eigenvalue weighted by molar-refractivity contribution is 5.47. The number of nitrogens with zero attached hydrogens (tertiary/aromatic N) is 2. The maximum Gasteiger partial charge on any atom is 0.125 e. The van der Waals surface area contributed by atoms with E-state index in [0.29, 0.717) is 0 Å². The van der Waals surface area contributed by atoms with E-state index in [9.17, 15) is 0 Å². The standard InChI is InChI=1S/C8H10N2/c1-4-8-5-9-7(3)10-6(8)2/h4-5H,1H2,2-3H3. The molecule has 52 valence electrons. The minimum Gasteiger partial charge on any atom is -0.241 e. The molecule has 0 aromatic carbocycles. The van der Waals surface area contributed by atoms with Crippen molar-refractivity contribution in [2.24, 2.45) is 0 Å². The van der Waals surface area contributed by atoms with Gasteiger partial charge in [-0.3, -0.25) is 0 Å². The number of aryl methyl sites for hydroxylation is 2. The Morgan fingerprint density at radius 1 is 1.50 bits per heavy atom. The lowest BCUT2D eigenvalue weighted by Gasteiger charge is -1.97. The molecule has 1 aromatic heterocycles. The van der Waals surface area contributed by atoms with Gasteiger partial charge in [0.1, 0.15) is 5.82 Å². The van der Waals surface area contributed by atoms with Crippen molar-refractivity contribution in [2.45, 2.75) is 13.8 Å². The summed E-state index contributed by atoms with van der Waals surface area (Å²) in [5.74, 6) is 0.808. The van der Waals surface area contributed by atoms with Crippen LogP contribution in [0.15, 0.2) is 12.8 Å². The van der Waals surface area contributed by atoms with E-state index in [0.717, 1.165) is 17.1 Å². The maximum atomic E-state index is 4.16. The van der Waals surface area contributed by atoms with Crippen LogP contribution in [0.1, 0.15) is 17.1 Å². The van der Waals surface area contributed by atoms with E-state index in [1.54, 1.807) is 12.3 Å². The molecule has 0 spiro atoms. The molecule has 1 rings (SSSR count). The second-order valence-corrected chi connectivity index (χ2v) is 2.16. The molecule has 0 aliphatic carbocycles. The van der Waals surface area contributed by atoms with Gasteiger partial charge >= 0.3 is 0 Å². The van der Waals surface area contributed by atoms with Gasteiger partial charge in [-0.15, -0.1) is 0 Å². The number of aromatic nitrogens is 2. The molecule has 2 nitrogen and oxygen atoms in total. The molecule has 0 bridgehead atoms. The largest absolute Gasteiger partial charge is 0.241 e. The topological polar surface area (TPSA) is 25.8 Å². The molecule has 0 saturated carbocycles. The molecule has 1 heterocycles. The Hall–Kier alpha value is -1.18. The molecule has 0 N–H and O–H groups in total. The summed E-state index contributed by atoms with van der Waals surface area (Å²) in [5.41, 5.74) is 1.99. The maximum absolute atomic E-state index is 4.16. The van der Waals surface area contributed by atoms with Crippen LogP contribution in [-0.2, 0) is 0 Å². The van der Waals surface area contributed by atoms with E-state index in [-0.39, 0.29) is 0 Å². The molecule has 1 aromatic rings. The van der Waals surface area contributed by atoms with E-state index in [4.69, 9.17) is 0 Å². The van der Waals surface area contributed by atoms with Crippen molar-refractivity contribution in [1.29, 1.82) is 0 Å². The summed E-state index contributed by atoms with van der Waals surface area (Å²) >= 11 is 0. The average Bonchev–Trinajstić information content (AvgIpc) is 1.88. The monoisotopic (exact) mass is 134 g/mol. The van der Waals surface area contributed by atoms with E-state index in [2.05, 4.69) is 16.5 Å². The zero-order valence-electron chi connectivity index (χ0n) is 6.26. The normalized spacial score (nSPS) is 9.40. The lowest BCUT2D eigenvalue weighted by atomic mass is 10.2. The first-order valence-corrected chi connectivity index (χ1v) is 3.16. The van der Waals surface area contributed by atoms with Crippen LogP contribution in [0.5, 0.6) is 0 Å². The SMILES string of the molecule is C=Cc1cnc(C)nc1C. The van der Waals surface area contributed by atoms with Gasteiger partial charge in [0.05, 0.1) is 0 Å². The van der Waals surface area contributed by atoms with Crippen LogP contribution in [-0.4, -0.2) is 9.97 Å². The van der Waals surface area contributed by atoms with Gasteiger partial charge in [-0.2, -0.15) is 0 Å². The Bertz CT molecular complexity index is 253. The molecule has 0 fully saturated rings. The third-order valence-electron chi connectivity index (χ3n) is 1.36. The Balaban J connectivity index is 3.19. The zero-order chi connectivity index (χ0) is 7.56. The Morgan fingerprint density at radius 2 is 2.20 bits per heavy atom. The average molecular weight is 134 g/mol. The van der Waals surface area contributed by atoms with Gasteiger partial charge in [0.2, 0.25) is 0 Å². The van der Waals surface area contributed by atoms with Crippen molar-refractivity contribution in [3.63, 3.8) is 0 Å². The van der Waals surface area contributed by atoms with Crippen molar-refractivity contribution in [1.82, 2.24) is 9.97 Å². The fraction of sp³-hybridized carbons (Fsp3) is 0.250. The molecule has 10 heavy (non-hydrogen) atoms. The summed E-state index contributed by atoms with van der Waals surface area (Å²) < 4.78 is 0. The smallest absolute Gasteiger partial charge is 0.125 e. The molecule has 2 heteroatoms. The van der Waals surface area contributed by atoms with Crippen LogP contribution in [0, 0.1) is 13.8 Å². The third kappa shape index (κ3) is 1.21. The van der Waals surface area contributed by atoms with Gasteiger partial charge in [-0.05, 0) is 13.8 Å². The fourth-order valence-electron chi connectivity index (χ4n) is 0.793.